The molecular formula is C13H18FNO4S. The van der Waals surface area contributed by atoms with Crippen LogP contribution in [0, 0.1) is 11.7 Å². The highest BCUT2D eigenvalue weighted by Crippen LogP contribution is 2.18. The zero-order valence-corrected chi connectivity index (χ0v) is 11.8. The van der Waals surface area contributed by atoms with E-state index in [4.69, 9.17) is 9.84 Å². The highest BCUT2D eigenvalue weighted by molar-refractivity contribution is 7.89. The summed E-state index contributed by atoms with van der Waals surface area (Å²) in [5, 5.41) is 9.00. The maximum atomic E-state index is 13.6. The van der Waals surface area contributed by atoms with Crippen LogP contribution in [0.4, 0.5) is 4.39 Å². The van der Waals surface area contributed by atoms with Crippen molar-refractivity contribution >= 4 is 10.0 Å². The third kappa shape index (κ3) is 3.76. The van der Waals surface area contributed by atoms with Crippen molar-refractivity contribution in [1.82, 2.24) is 4.72 Å². The molecule has 0 radical (unpaired) electrons. The van der Waals surface area contributed by atoms with Gasteiger partial charge in [-0.2, -0.15) is 0 Å². The number of ether oxygens (including phenoxy) is 1. The molecule has 1 aliphatic heterocycles. The molecule has 0 aliphatic carbocycles. The van der Waals surface area contributed by atoms with Crippen molar-refractivity contribution in [1.29, 1.82) is 0 Å². The molecule has 7 heteroatoms. The van der Waals surface area contributed by atoms with E-state index in [0.717, 1.165) is 25.0 Å². The number of halogens is 1. The minimum Gasteiger partial charge on any atom is -0.392 e. The molecule has 2 N–H and O–H groups in total. The van der Waals surface area contributed by atoms with Gasteiger partial charge in [0.1, 0.15) is 10.7 Å². The number of aliphatic hydroxyl groups is 1. The Bertz CT molecular complexity index is 555. The predicted molar refractivity (Wildman–Crippen MR) is 71.1 cm³/mol. The van der Waals surface area contributed by atoms with Crippen LogP contribution in [0.15, 0.2) is 23.1 Å². The lowest BCUT2D eigenvalue weighted by Crippen LogP contribution is -2.32. The first kappa shape index (κ1) is 15.4. The first-order chi connectivity index (χ1) is 9.53. The van der Waals surface area contributed by atoms with Gasteiger partial charge in [0.05, 0.1) is 6.61 Å². The summed E-state index contributed by atoms with van der Waals surface area (Å²) >= 11 is 0. The van der Waals surface area contributed by atoms with E-state index in [9.17, 15) is 12.8 Å². The van der Waals surface area contributed by atoms with Gasteiger partial charge >= 0.3 is 0 Å². The van der Waals surface area contributed by atoms with E-state index in [1.54, 1.807) is 0 Å². The molecule has 112 valence electrons. The molecule has 0 bridgehead atoms. The predicted octanol–water partition coefficient (Wildman–Crippen LogP) is 1.02. The SMILES string of the molecule is O=S(=O)(NCC1CCOCC1)c1cc(CO)ccc1F. The topological polar surface area (TPSA) is 75.6 Å². The third-order valence-corrected chi connectivity index (χ3v) is 4.81. The smallest absolute Gasteiger partial charge is 0.243 e. The van der Waals surface area contributed by atoms with Crippen molar-refractivity contribution in [2.45, 2.75) is 24.3 Å². The average molecular weight is 303 g/mol. The second kappa shape index (κ2) is 6.62. The van der Waals surface area contributed by atoms with Crippen molar-refractivity contribution in [3.05, 3.63) is 29.6 Å². The van der Waals surface area contributed by atoms with Crippen LogP contribution in [-0.2, 0) is 21.4 Å². The highest BCUT2D eigenvalue weighted by Gasteiger charge is 2.22. The summed E-state index contributed by atoms with van der Waals surface area (Å²) in [6.07, 6.45) is 1.59. The monoisotopic (exact) mass is 303 g/mol. The fourth-order valence-electron chi connectivity index (χ4n) is 2.11. The fraction of sp³-hybridized carbons (Fsp3) is 0.538. The van der Waals surface area contributed by atoms with Gasteiger partial charge in [0.25, 0.3) is 0 Å². The Labute approximate surface area is 117 Å². The first-order valence-corrected chi connectivity index (χ1v) is 7.98. The Kier molecular flexibility index (Phi) is 5.09. The lowest BCUT2D eigenvalue weighted by Gasteiger charge is -2.22. The number of benzene rings is 1. The van der Waals surface area contributed by atoms with E-state index in [1.165, 1.54) is 6.07 Å². The minimum atomic E-state index is -3.90. The quantitative estimate of drug-likeness (QED) is 0.851. The number of rotatable bonds is 5. The zero-order valence-electron chi connectivity index (χ0n) is 11.0. The molecule has 0 unspecified atom stereocenters. The van der Waals surface area contributed by atoms with Crippen LogP contribution < -0.4 is 4.72 Å². The number of hydrogen-bond donors (Lipinski definition) is 2. The van der Waals surface area contributed by atoms with Gasteiger partial charge in [0.2, 0.25) is 10.0 Å². The Morgan fingerprint density at radius 2 is 2.05 bits per heavy atom. The van der Waals surface area contributed by atoms with E-state index in [-0.39, 0.29) is 19.1 Å². The number of nitrogens with one attached hydrogen (secondary N) is 1. The summed E-state index contributed by atoms with van der Waals surface area (Å²) in [4.78, 5) is -0.420. The van der Waals surface area contributed by atoms with Gasteiger partial charge in [-0.1, -0.05) is 6.07 Å². The molecule has 0 aromatic heterocycles. The van der Waals surface area contributed by atoms with Gasteiger partial charge in [0.15, 0.2) is 0 Å². The third-order valence-electron chi connectivity index (χ3n) is 3.37. The minimum absolute atomic E-state index is 0.211. The van der Waals surface area contributed by atoms with Crippen molar-refractivity contribution in [3.63, 3.8) is 0 Å². The molecule has 1 aromatic carbocycles. The zero-order chi connectivity index (χ0) is 14.6. The van der Waals surface area contributed by atoms with Crippen LogP contribution in [-0.4, -0.2) is 33.3 Å². The van der Waals surface area contributed by atoms with Gasteiger partial charge in [-0.05, 0) is 36.5 Å². The van der Waals surface area contributed by atoms with E-state index < -0.39 is 20.7 Å². The largest absolute Gasteiger partial charge is 0.392 e. The summed E-state index contributed by atoms with van der Waals surface area (Å²) in [5.74, 6) is -0.607. The van der Waals surface area contributed by atoms with Crippen molar-refractivity contribution in [3.8, 4) is 0 Å². The normalized spacial score (nSPS) is 17.3. The van der Waals surface area contributed by atoms with E-state index in [1.807, 2.05) is 0 Å². The molecule has 1 heterocycles. The van der Waals surface area contributed by atoms with Gasteiger partial charge in [-0.25, -0.2) is 17.5 Å². The van der Waals surface area contributed by atoms with Crippen molar-refractivity contribution in [2.75, 3.05) is 19.8 Å². The van der Waals surface area contributed by atoms with E-state index in [0.29, 0.717) is 18.8 Å². The molecule has 0 saturated carbocycles. The summed E-state index contributed by atoms with van der Waals surface area (Å²) in [7, 11) is -3.90. The second-order valence-electron chi connectivity index (χ2n) is 4.83. The fourth-order valence-corrected chi connectivity index (χ4v) is 3.35. The summed E-state index contributed by atoms with van der Waals surface area (Å²) in [5.41, 5.74) is 0.359. The molecule has 2 rings (SSSR count). The molecule has 20 heavy (non-hydrogen) atoms. The molecular weight excluding hydrogens is 285 g/mol. The molecule has 1 saturated heterocycles. The molecule has 0 spiro atoms. The standard InChI is InChI=1S/C13H18FNO4S/c14-12-2-1-11(9-16)7-13(12)20(17,18)15-8-10-3-5-19-6-4-10/h1-2,7,10,15-16H,3-6,8-9H2. The Morgan fingerprint density at radius 3 is 2.70 bits per heavy atom. The van der Waals surface area contributed by atoms with Gasteiger partial charge in [-0.15, -0.1) is 0 Å². The average Bonchev–Trinajstić information content (AvgIpc) is 2.47. The lowest BCUT2D eigenvalue weighted by molar-refractivity contribution is 0.0678. The molecule has 1 aliphatic rings. The number of hydrogen-bond acceptors (Lipinski definition) is 4. The van der Waals surface area contributed by atoms with Crippen molar-refractivity contribution < 1.29 is 22.7 Å². The summed E-state index contributed by atoms with van der Waals surface area (Å²) in [6.45, 7) is 1.19. The molecule has 1 fully saturated rings. The van der Waals surface area contributed by atoms with Crippen LogP contribution in [0.5, 0.6) is 0 Å². The molecule has 5 nitrogen and oxygen atoms in total. The van der Waals surface area contributed by atoms with Crippen LogP contribution >= 0.6 is 0 Å². The Balaban J connectivity index is 2.09. The van der Waals surface area contributed by atoms with Gasteiger partial charge in [0, 0.05) is 19.8 Å². The van der Waals surface area contributed by atoms with E-state index in [2.05, 4.69) is 4.72 Å². The van der Waals surface area contributed by atoms with Gasteiger partial charge < -0.3 is 9.84 Å². The molecule has 1 aromatic rings. The van der Waals surface area contributed by atoms with Crippen LogP contribution in [0.25, 0.3) is 0 Å². The van der Waals surface area contributed by atoms with Gasteiger partial charge in [-0.3, -0.25) is 0 Å². The number of aliphatic hydroxyl groups excluding tert-OH is 1. The Morgan fingerprint density at radius 1 is 1.35 bits per heavy atom. The summed E-state index contributed by atoms with van der Waals surface area (Å²) < 4.78 is 45.5. The molecule has 0 amide bonds. The first-order valence-electron chi connectivity index (χ1n) is 6.49. The van der Waals surface area contributed by atoms with Crippen molar-refractivity contribution in [2.24, 2.45) is 5.92 Å². The molecule has 0 atom stereocenters. The van der Waals surface area contributed by atoms with Crippen LogP contribution in [0.1, 0.15) is 18.4 Å². The Hall–Kier alpha value is -1.02. The van der Waals surface area contributed by atoms with Crippen LogP contribution in [0.3, 0.4) is 0 Å². The maximum Gasteiger partial charge on any atom is 0.243 e. The lowest BCUT2D eigenvalue weighted by atomic mass is 10.0. The highest BCUT2D eigenvalue weighted by atomic mass is 32.2. The second-order valence-corrected chi connectivity index (χ2v) is 6.57. The van der Waals surface area contributed by atoms with E-state index >= 15 is 0 Å². The maximum absolute atomic E-state index is 13.6. The number of sulfonamides is 1. The summed E-state index contributed by atoms with van der Waals surface area (Å²) in [6, 6.07) is 3.56. The van der Waals surface area contributed by atoms with Crippen LogP contribution in [0.2, 0.25) is 0 Å².